The summed E-state index contributed by atoms with van der Waals surface area (Å²) in [4.78, 5) is 4.71. The van der Waals surface area contributed by atoms with Gasteiger partial charge in [-0.1, -0.05) is 29.8 Å². The lowest BCUT2D eigenvalue weighted by molar-refractivity contribution is 0.778. The Labute approximate surface area is 151 Å². The van der Waals surface area contributed by atoms with Crippen molar-refractivity contribution in [1.82, 2.24) is 25.0 Å². The zero-order valence-corrected chi connectivity index (χ0v) is 14.8. The van der Waals surface area contributed by atoms with Crippen LogP contribution in [0.2, 0.25) is 0 Å². The molecule has 1 aliphatic carbocycles. The number of aromatic nitrogens is 5. The minimum Gasteiger partial charge on any atom is -0.324 e. The molecule has 2 aromatic heterocycles. The largest absolute Gasteiger partial charge is 0.324 e. The second-order valence-corrected chi connectivity index (χ2v) is 7.01. The Hall–Kier alpha value is -3.15. The summed E-state index contributed by atoms with van der Waals surface area (Å²) in [6.07, 6.45) is 4.38. The van der Waals surface area contributed by atoms with Crippen LogP contribution in [0, 0.1) is 6.92 Å². The van der Waals surface area contributed by atoms with Crippen LogP contribution in [0.5, 0.6) is 0 Å². The summed E-state index contributed by atoms with van der Waals surface area (Å²) in [5.74, 6) is 2.07. The van der Waals surface area contributed by atoms with Crippen molar-refractivity contribution < 1.29 is 0 Å². The second kappa shape index (κ2) is 5.69. The maximum absolute atomic E-state index is 4.71. The number of nitrogens with one attached hydrogen (secondary N) is 2. The Morgan fingerprint density at radius 1 is 1.12 bits per heavy atom. The first-order chi connectivity index (χ1) is 12.7. The molecule has 2 aromatic carbocycles. The van der Waals surface area contributed by atoms with Crippen LogP contribution in [0.15, 0.2) is 42.6 Å². The molecule has 130 valence electrons. The molecule has 0 amide bonds. The first kappa shape index (κ1) is 15.1. The molecule has 2 heterocycles. The standard InChI is InChI=1S/C20H20N6/c1-12-3-5-14(6-4-12)19-23-20(26(2)25-19)22-17-10-9-16-15(11-21-24-16)18(17)13-7-8-13/h3-6,9-11,13H,7-8H2,1-2H3,(H,21,24)(H,22,23,25). The molecule has 1 fully saturated rings. The average molecular weight is 344 g/mol. The van der Waals surface area contributed by atoms with Crippen molar-refractivity contribution in [3.63, 3.8) is 0 Å². The number of benzene rings is 2. The van der Waals surface area contributed by atoms with Gasteiger partial charge < -0.3 is 5.32 Å². The third kappa shape index (κ3) is 2.54. The number of nitrogens with zero attached hydrogens (tertiary/aromatic N) is 4. The van der Waals surface area contributed by atoms with Gasteiger partial charge in [-0.25, -0.2) is 4.68 Å². The first-order valence-corrected chi connectivity index (χ1v) is 8.90. The van der Waals surface area contributed by atoms with E-state index in [0.29, 0.717) is 5.92 Å². The Bertz CT molecular complexity index is 1090. The maximum Gasteiger partial charge on any atom is 0.225 e. The van der Waals surface area contributed by atoms with Gasteiger partial charge in [-0.15, -0.1) is 5.10 Å². The molecule has 4 aromatic rings. The van der Waals surface area contributed by atoms with Crippen LogP contribution in [0.1, 0.15) is 29.9 Å². The van der Waals surface area contributed by atoms with Gasteiger partial charge in [0.15, 0.2) is 5.82 Å². The highest BCUT2D eigenvalue weighted by Crippen LogP contribution is 2.46. The summed E-state index contributed by atoms with van der Waals surface area (Å²) in [5, 5.41) is 16.5. The Morgan fingerprint density at radius 2 is 1.92 bits per heavy atom. The van der Waals surface area contributed by atoms with Crippen LogP contribution < -0.4 is 5.32 Å². The van der Waals surface area contributed by atoms with E-state index in [-0.39, 0.29) is 0 Å². The number of hydrogen-bond acceptors (Lipinski definition) is 4. The SMILES string of the molecule is Cc1ccc(-c2nc(Nc3ccc4[nH]ncc4c3C3CC3)n(C)n2)cc1. The number of rotatable bonds is 4. The fourth-order valence-electron chi connectivity index (χ4n) is 3.40. The molecule has 0 bridgehead atoms. The number of aryl methyl sites for hydroxylation is 2. The average Bonchev–Trinajstić information content (AvgIpc) is 3.25. The van der Waals surface area contributed by atoms with Crippen molar-refractivity contribution >= 4 is 22.5 Å². The summed E-state index contributed by atoms with van der Waals surface area (Å²) >= 11 is 0. The zero-order valence-electron chi connectivity index (χ0n) is 14.8. The van der Waals surface area contributed by atoms with Crippen LogP contribution in [-0.2, 0) is 7.05 Å². The highest BCUT2D eigenvalue weighted by Gasteiger charge is 2.29. The predicted octanol–water partition coefficient (Wildman–Crippen LogP) is 4.29. The zero-order chi connectivity index (χ0) is 17.7. The molecular weight excluding hydrogens is 324 g/mol. The van der Waals surface area contributed by atoms with E-state index in [1.165, 1.54) is 29.4 Å². The predicted molar refractivity (Wildman–Crippen MR) is 103 cm³/mol. The summed E-state index contributed by atoms with van der Waals surface area (Å²) in [7, 11) is 1.92. The van der Waals surface area contributed by atoms with Gasteiger partial charge >= 0.3 is 0 Å². The van der Waals surface area contributed by atoms with E-state index in [1.54, 1.807) is 4.68 Å². The van der Waals surface area contributed by atoms with E-state index >= 15 is 0 Å². The van der Waals surface area contributed by atoms with Gasteiger partial charge in [0.1, 0.15) is 0 Å². The van der Waals surface area contributed by atoms with E-state index in [9.17, 15) is 0 Å². The topological polar surface area (TPSA) is 71.4 Å². The van der Waals surface area contributed by atoms with Crippen molar-refractivity contribution in [2.75, 3.05) is 5.32 Å². The Kier molecular flexibility index (Phi) is 3.31. The molecule has 0 saturated heterocycles. The Balaban J connectivity index is 1.53. The first-order valence-electron chi connectivity index (χ1n) is 8.90. The third-order valence-electron chi connectivity index (χ3n) is 4.97. The lowest BCUT2D eigenvalue weighted by Gasteiger charge is -2.11. The summed E-state index contributed by atoms with van der Waals surface area (Å²) in [6, 6.07) is 12.4. The highest BCUT2D eigenvalue weighted by atomic mass is 15.4. The van der Waals surface area contributed by atoms with Crippen LogP contribution in [0.3, 0.4) is 0 Å². The smallest absolute Gasteiger partial charge is 0.225 e. The fraction of sp³-hybridized carbons (Fsp3) is 0.250. The molecule has 6 nitrogen and oxygen atoms in total. The third-order valence-corrected chi connectivity index (χ3v) is 4.97. The number of fused-ring (bicyclic) bond motifs is 1. The van der Waals surface area contributed by atoms with Crippen LogP contribution in [0.4, 0.5) is 11.6 Å². The van der Waals surface area contributed by atoms with Crippen molar-refractivity contribution in [1.29, 1.82) is 0 Å². The molecule has 2 N–H and O–H groups in total. The molecule has 0 spiro atoms. The lowest BCUT2D eigenvalue weighted by Crippen LogP contribution is -2.02. The van der Waals surface area contributed by atoms with Gasteiger partial charge in [-0.05, 0) is 43.4 Å². The van der Waals surface area contributed by atoms with E-state index in [4.69, 9.17) is 4.98 Å². The molecule has 0 aliphatic heterocycles. The van der Waals surface area contributed by atoms with Gasteiger partial charge in [0.2, 0.25) is 5.95 Å². The van der Waals surface area contributed by atoms with Crippen molar-refractivity contribution in [2.24, 2.45) is 7.05 Å². The minimum absolute atomic E-state index is 0.601. The molecular formula is C20H20N6. The van der Waals surface area contributed by atoms with E-state index in [2.05, 4.69) is 63.9 Å². The van der Waals surface area contributed by atoms with Crippen LogP contribution in [-0.4, -0.2) is 25.0 Å². The van der Waals surface area contributed by atoms with Gasteiger partial charge in [-0.2, -0.15) is 10.1 Å². The van der Waals surface area contributed by atoms with Crippen LogP contribution in [0.25, 0.3) is 22.3 Å². The molecule has 0 atom stereocenters. The number of anilines is 2. The molecule has 0 radical (unpaired) electrons. The molecule has 1 aliphatic rings. The van der Waals surface area contributed by atoms with Gasteiger partial charge in [0, 0.05) is 23.7 Å². The lowest BCUT2D eigenvalue weighted by atomic mass is 10.0. The second-order valence-electron chi connectivity index (χ2n) is 7.01. The summed E-state index contributed by atoms with van der Waals surface area (Å²) in [6.45, 7) is 2.08. The molecule has 6 heteroatoms. The van der Waals surface area contributed by atoms with E-state index in [0.717, 1.165) is 28.5 Å². The fourth-order valence-corrected chi connectivity index (χ4v) is 3.40. The Morgan fingerprint density at radius 3 is 2.69 bits per heavy atom. The molecule has 0 unspecified atom stereocenters. The number of hydrogen-bond donors (Lipinski definition) is 2. The van der Waals surface area contributed by atoms with E-state index in [1.807, 2.05) is 13.2 Å². The van der Waals surface area contributed by atoms with Crippen molar-refractivity contribution in [2.45, 2.75) is 25.7 Å². The quantitative estimate of drug-likeness (QED) is 0.579. The van der Waals surface area contributed by atoms with Gasteiger partial charge in [0.25, 0.3) is 0 Å². The monoisotopic (exact) mass is 344 g/mol. The molecule has 1 saturated carbocycles. The minimum atomic E-state index is 0.601. The maximum atomic E-state index is 4.71. The van der Waals surface area contributed by atoms with Gasteiger partial charge in [-0.3, -0.25) is 5.10 Å². The highest BCUT2D eigenvalue weighted by molar-refractivity contribution is 5.89. The number of H-pyrrole nitrogens is 1. The van der Waals surface area contributed by atoms with E-state index < -0.39 is 0 Å². The molecule has 26 heavy (non-hydrogen) atoms. The van der Waals surface area contributed by atoms with Gasteiger partial charge in [0.05, 0.1) is 11.7 Å². The molecule has 5 rings (SSSR count). The normalized spacial score (nSPS) is 14.1. The summed E-state index contributed by atoms with van der Waals surface area (Å²) in [5.41, 5.74) is 5.75. The van der Waals surface area contributed by atoms with Crippen molar-refractivity contribution in [3.8, 4) is 11.4 Å². The van der Waals surface area contributed by atoms with Crippen molar-refractivity contribution in [3.05, 3.63) is 53.7 Å². The van der Waals surface area contributed by atoms with Crippen LogP contribution >= 0.6 is 0 Å². The summed E-state index contributed by atoms with van der Waals surface area (Å²) < 4.78 is 1.80. The number of aromatic amines is 1.